The number of nitrogens with zero attached hydrogens (tertiary/aromatic N) is 3. The number of amides is 3. The molecule has 1 atom stereocenters. The van der Waals surface area contributed by atoms with Gasteiger partial charge in [0.1, 0.15) is 0 Å². The molecular formula is C25H28ClN3O3. The molecule has 0 N–H and O–H groups in total. The van der Waals surface area contributed by atoms with Crippen molar-refractivity contribution in [3.63, 3.8) is 0 Å². The van der Waals surface area contributed by atoms with Crippen LogP contribution in [0.25, 0.3) is 0 Å². The van der Waals surface area contributed by atoms with Gasteiger partial charge < -0.3 is 9.80 Å². The number of benzene rings is 2. The summed E-state index contributed by atoms with van der Waals surface area (Å²) in [5, 5.41) is 0.403. The van der Waals surface area contributed by atoms with Crippen LogP contribution in [-0.2, 0) is 32.8 Å². The molecule has 168 valence electrons. The maximum Gasteiger partial charge on any atom is 0.240 e. The summed E-state index contributed by atoms with van der Waals surface area (Å²) >= 11 is 6.50. The van der Waals surface area contributed by atoms with E-state index in [1.807, 2.05) is 37.2 Å². The maximum atomic E-state index is 13.7. The van der Waals surface area contributed by atoms with Gasteiger partial charge in [0.25, 0.3) is 0 Å². The minimum atomic E-state index is -1.27. The number of carbonyl (C=O) groups excluding carboxylic acids is 3. The summed E-state index contributed by atoms with van der Waals surface area (Å²) < 4.78 is 0. The lowest BCUT2D eigenvalue weighted by Gasteiger charge is -2.33. The van der Waals surface area contributed by atoms with Gasteiger partial charge in [-0.2, -0.15) is 0 Å². The van der Waals surface area contributed by atoms with Crippen molar-refractivity contribution in [1.82, 2.24) is 14.7 Å². The first-order valence-electron chi connectivity index (χ1n) is 10.9. The number of carbonyl (C=O) groups is 3. The van der Waals surface area contributed by atoms with Crippen molar-refractivity contribution in [3.8, 4) is 0 Å². The fraction of sp³-hybridized carbons (Fsp3) is 0.400. The van der Waals surface area contributed by atoms with Gasteiger partial charge in [-0.15, -0.1) is 0 Å². The molecule has 2 aliphatic heterocycles. The summed E-state index contributed by atoms with van der Waals surface area (Å²) in [6, 6.07) is 15.2. The molecule has 1 fully saturated rings. The Bertz CT molecular complexity index is 1050. The molecule has 0 saturated carbocycles. The van der Waals surface area contributed by atoms with E-state index < -0.39 is 5.41 Å². The lowest BCUT2D eigenvalue weighted by atomic mass is 9.75. The minimum Gasteiger partial charge on any atom is -0.338 e. The van der Waals surface area contributed by atoms with E-state index in [1.54, 1.807) is 29.2 Å². The number of fused-ring (bicyclic) bond motifs is 1. The molecule has 0 spiro atoms. The van der Waals surface area contributed by atoms with E-state index in [4.69, 9.17) is 11.6 Å². The van der Waals surface area contributed by atoms with Crippen LogP contribution in [0.3, 0.4) is 0 Å². The number of imide groups is 1. The highest BCUT2D eigenvalue weighted by Crippen LogP contribution is 2.43. The predicted octanol–water partition coefficient (Wildman–Crippen LogP) is 2.87. The quantitative estimate of drug-likeness (QED) is 0.631. The molecule has 2 heterocycles. The van der Waals surface area contributed by atoms with E-state index in [1.165, 1.54) is 10.5 Å². The third-order valence-electron chi connectivity index (χ3n) is 6.51. The second-order valence-corrected chi connectivity index (χ2v) is 9.31. The average Bonchev–Trinajstić information content (AvgIpc) is 3.01. The van der Waals surface area contributed by atoms with Gasteiger partial charge in [0.15, 0.2) is 0 Å². The molecule has 0 aliphatic carbocycles. The highest BCUT2D eigenvalue weighted by Gasteiger charge is 2.54. The van der Waals surface area contributed by atoms with Crippen LogP contribution in [0.5, 0.6) is 0 Å². The molecule has 2 aromatic rings. The molecule has 6 nitrogen and oxygen atoms in total. The molecule has 3 amide bonds. The van der Waals surface area contributed by atoms with Gasteiger partial charge >= 0.3 is 0 Å². The third-order valence-corrected chi connectivity index (χ3v) is 6.83. The zero-order valence-electron chi connectivity index (χ0n) is 18.5. The van der Waals surface area contributed by atoms with Crippen LogP contribution < -0.4 is 0 Å². The van der Waals surface area contributed by atoms with Crippen molar-refractivity contribution < 1.29 is 14.4 Å². The van der Waals surface area contributed by atoms with Gasteiger partial charge in [0, 0.05) is 44.0 Å². The van der Waals surface area contributed by atoms with Crippen molar-refractivity contribution in [2.24, 2.45) is 0 Å². The zero-order chi connectivity index (χ0) is 22.9. The van der Waals surface area contributed by atoms with E-state index in [9.17, 15) is 14.4 Å². The Hall–Kier alpha value is -2.70. The number of rotatable bonds is 6. The van der Waals surface area contributed by atoms with E-state index in [0.717, 1.165) is 12.0 Å². The van der Waals surface area contributed by atoms with Crippen LogP contribution in [0.15, 0.2) is 48.5 Å². The Morgan fingerprint density at radius 1 is 1.06 bits per heavy atom. The number of likely N-dealkylation sites (tertiary alicyclic amines) is 1. The fourth-order valence-corrected chi connectivity index (χ4v) is 5.02. The first kappa shape index (κ1) is 22.5. The van der Waals surface area contributed by atoms with Crippen molar-refractivity contribution in [1.29, 1.82) is 0 Å². The normalized spacial score (nSPS) is 20.8. The van der Waals surface area contributed by atoms with E-state index in [2.05, 4.69) is 6.07 Å². The van der Waals surface area contributed by atoms with Crippen molar-refractivity contribution in [2.45, 2.75) is 31.2 Å². The Labute approximate surface area is 193 Å². The van der Waals surface area contributed by atoms with Crippen LogP contribution in [0.2, 0.25) is 5.02 Å². The zero-order valence-corrected chi connectivity index (χ0v) is 19.3. The summed E-state index contributed by atoms with van der Waals surface area (Å²) in [7, 11) is 3.79. The minimum absolute atomic E-state index is 0.0425. The summed E-state index contributed by atoms with van der Waals surface area (Å²) in [6.07, 6.45) is 0.671. The predicted molar refractivity (Wildman–Crippen MR) is 123 cm³/mol. The monoisotopic (exact) mass is 453 g/mol. The van der Waals surface area contributed by atoms with E-state index in [-0.39, 0.29) is 30.6 Å². The van der Waals surface area contributed by atoms with Gasteiger partial charge in [-0.05, 0) is 43.3 Å². The Morgan fingerprint density at radius 3 is 2.47 bits per heavy atom. The second kappa shape index (κ2) is 9.04. The van der Waals surface area contributed by atoms with Crippen molar-refractivity contribution in [2.75, 3.05) is 33.7 Å². The lowest BCUT2D eigenvalue weighted by molar-refractivity contribution is -0.143. The van der Waals surface area contributed by atoms with Gasteiger partial charge in [-0.3, -0.25) is 19.3 Å². The molecule has 1 saturated heterocycles. The average molecular weight is 454 g/mol. The van der Waals surface area contributed by atoms with Gasteiger partial charge in [-0.1, -0.05) is 54.1 Å². The van der Waals surface area contributed by atoms with E-state index >= 15 is 0 Å². The highest BCUT2D eigenvalue weighted by atomic mass is 35.5. The molecule has 2 aliphatic rings. The summed E-state index contributed by atoms with van der Waals surface area (Å²) in [5.74, 6) is -0.716. The molecule has 0 radical (unpaired) electrons. The highest BCUT2D eigenvalue weighted by molar-refractivity contribution is 6.32. The van der Waals surface area contributed by atoms with Crippen LogP contribution in [0, 0.1) is 0 Å². The molecule has 7 heteroatoms. The lowest BCUT2D eigenvalue weighted by Crippen LogP contribution is -2.45. The van der Waals surface area contributed by atoms with Crippen LogP contribution in [-0.4, -0.2) is 66.2 Å². The Kier molecular flexibility index (Phi) is 6.35. The van der Waals surface area contributed by atoms with E-state index in [0.29, 0.717) is 36.8 Å². The number of halogens is 1. The SMILES string of the molecule is CN(C)CCN1C(=O)CC(CC(=O)N2CCc3ccccc3C2)(c2ccccc2Cl)C1=O. The maximum absolute atomic E-state index is 13.7. The summed E-state index contributed by atoms with van der Waals surface area (Å²) in [4.78, 5) is 45.1. The number of likely N-dealkylation sites (N-methyl/N-ethyl adjacent to an activating group) is 1. The van der Waals surface area contributed by atoms with Gasteiger partial charge in [0.05, 0.1) is 5.41 Å². The van der Waals surface area contributed by atoms with Crippen LogP contribution >= 0.6 is 11.6 Å². The topological polar surface area (TPSA) is 60.9 Å². The summed E-state index contributed by atoms with van der Waals surface area (Å²) in [5.41, 5.74) is 1.66. The van der Waals surface area contributed by atoms with Gasteiger partial charge in [0.2, 0.25) is 17.7 Å². The van der Waals surface area contributed by atoms with Gasteiger partial charge in [-0.25, -0.2) is 0 Å². The molecule has 2 aromatic carbocycles. The smallest absolute Gasteiger partial charge is 0.240 e. The Balaban J connectivity index is 1.64. The molecular weight excluding hydrogens is 426 g/mol. The summed E-state index contributed by atoms with van der Waals surface area (Å²) in [6.45, 7) is 1.97. The molecule has 32 heavy (non-hydrogen) atoms. The Morgan fingerprint density at radius 2 is 1.75 bits per heavy atom. The third kappa shape index (κ3) is 4.17. The van der Waals surface area contributed by atoms with Crippen LogP contribution in [0.1, 0.15) is 29.5 Å². The molecule has 0 aromatic heterocycles. The second-order valence-electron chi connectivity index (χ2n) is 8.90. The molecule has 0 bridgehead atoms. The van der Waals surface area contributed by atoms with Crippen LogP contribution in [0.4, 0.5) is 0 Å². The van der Waals surface area contributed by atoms with Crippen molar-refractivity contribution in [3.05, 3.63) is 70.2 Å². The fourth-order valence-electron chi connectivity index (χ4n) is 4.70. The number of hydrogen-bond acceptors (Lipinski definition) is 4. The largest absolute Gasteiger partial charge is 0.338 e. The van der Waals surface area contributed by atoms with Crippen molar-refractivity contribution >= 4 is 29.3 Å². The first-order chi connectivity index (χ1) is 15.3. The first-order valence-corrected chi connectivity index (χ1v) is 11.3. The molecule has 1 unspecified atom stereocenters. The number of hydrogen-bond donors (Lipinski definition) is 0. The standard InChI is InChI=1S/C25H28ClN3O3/c1-27(2)13-14-29-23(31)16-25(24(29)32,20-9-5-6-10-21(20)26)15-22(30)28-12-11-18-7-3-4-8-19(18)17-28/h3-10H,11-17H2,1-2H3. The molecule has 4 rings (SSSR count).